The minimum absolute atomic E-state index is 0.000762. The second-order valence-electron chi connectivity index (χ2n) is 4.17. The highest BCUT2D eigenvalue weighted by Crippen LogP contribution is 2.22. The molecule has 1 aromatic rings. The lowest BCUT2D eigenvalue weighted by molar-refractivity contribution is 0.281. The standard InChI is InChI=1S/C14H20N2O/c1-5-7-16(8-6-2)14-13(10-17)11(3)9-12(4)15-14/h1,9,17H,6-8,10H2,2-4H3. The predicted molar refractivity (Wildman–Crippen MR) is 71.0 cm³/mol. The van der Waals surface area contributed by atoms with Crippen molar-refractivity contribution < 1.29 is 5.11 Å². The number of hydrogen-bond donors (Lipinski definition) is 1. The largest absolute Gasteiger partial charge is 0.392 e. The van der Waals surface area contributed by atoms with Crippen molar-refractivity contribution in [3.05, 3.63) is 22.9 Å². The SMILES string of the molecule is C#CCN(CCC)c1nc(C)cc(C)c1CO. The molecule has 17 heavy (non-hydrogen) atoms. The molecular formula is C14H20N2O. The highest BCUT2D eigenvalue weighted by atomic mass is 16.3. The van der Waals surface area contributed by atoms with E-state index < -0.39 is 0 Å². The maximum atomic E-state index is 9.46. The molecule has 0 fully saturated rings. The van der Waals surface area contributed by atoms with E-state index in [4.69, 9.17) is 6.42 Å². The number of aromatic nitrogens is 1. The fourth-order valence-corrected chi connectivity index (χ4v) is 1.94. The summed E-state index contributed by atoms with van der Waals surface area (Å²) in [6.07, 6.45) is 6.38. The third-order valence-electron chi connectivity index (χ3n) is 2.69. The molecule has 1 heterocycles. The number of aryl methyl sites for hydroxylation is 2. The van der Waals surface area contributed by atoms with E-state index >= 15 is 0 Å². The Morgan fingerprint density at radius 3 is 2.71 bits per heavy atom. The molecule has 1 aromatic heterocycles. The zero-order valence-corrected chi connectivity index (χ0v) is 10.8. The van der Waals surface area contributed by atoms with Gasteiger partial charge < -0.3 is 10.0 Å². The number of aliphatic hydroxyl groups is 1. The fourth-order valence-electron chi connectivity index (χ4n) is 1.94. The number of nitrogens with zero attached hydrogens (tertiary/aromatic N) is 2. The Labute approximate surface area is 103 Å². The Balaban J connectivity index is 3.20. The van der Waals surface area contributed by atoms with Gasteiger partial charge in [0.05, 0.1) is 13.2 Å². The summed E-state index contributed by atoms with van der Waals surface area (Å²) in [5, 5.41) is 9.46. The molecule has 1 rings (SSSR count). The Bertz CT molecular complexity index is 421. The van der Waals surface area contributed by atoms with E-state index in [1.54, 1.807) is 0 Å². The first-order valence-corrected chi connectivity index (χ1v) is 5.90. The van der Waals surface area contributed by atoms with E-state index in [9.17, 15) is 5.11 Å². The molecule has 3 heteroatoms. The molecule has 0 atom stereocenters. The van der Waals surface area contributed by atoms with Gasteiger partial charge in [0, 0.05) is 17.8 Å². The van der Waals surface area contributed by atoms with Crippen LogP contribution in [-0.2, 0) is 6.61 Å². The van der Waals surface area contributed by atoms with Crippen molar-refractivity contribution in [1.82, 2.24) is 4.98 Å². The van der Waals surface area contributed by atoms with Crippen molar-refractivity contribution in [3.63, 3.8) is 0 Å². The molecule has 3 nitrogen and oxygen atoms in total. The smallest absolute Gasteiger partial charge is 0.135 e. The zero-order chi connectivity index (χ0) is 12.8. The summed E-state index contributed by atoms with van der Waals surface area (Å²) >= 11 is 0. The summed E-state index contributed by atoms with van der Waals surface area (Å²) in [4.78, 5) is 6.56. The summed E-state index contributed by atoms with van der Waals surface area (Å²) in [6, 6.07) is 1.98. The van der Waals surface area contributed by atoms with Crippen molar-refractivity contribution in [1.29, 1.82) is 0 Å². The van der Waals surface area contributed by atoms with Crippen molar-refractivity contribution in [2.45, 2.75) is 33.8 Å². The molecule has 0 aliphatic carbocycles. The summed E-state index contributed by atoms with van der Waals surface area (Å²) in [6.45, 7) is 7.43. The molecule has 0 unspecified atom stereocenters. The molecule has 0 aromatic carbocycles. The molecular weight excluding hydrogens is 212 g/mol. The second-order valence-corrected chi connectivity index (χ2v) is 4.17. The van der Waals surface area contributed by atoms with Crippen molar-refractivity contribution >= 4 is 5.82 Å². The maximum Gasteiger partial charge on any atom is 0.135 e. The van der Waals surface area contributed by atoms with Crippen LogP contribution >= 0.6 is 0 Å². The molecule has 0 aliphatic rings. The van der Waals surface area contributed by atoms with Crippen LogP contribution < -0.4 is 4.90 Å². The van der Waals surface area contributed by atoms with Crippen LogP contribution in [0.2, 0.25) is 0 Å². The highest BCUT2D eigenvalue weighted by Gasteiger charge is 2.13. The Morgan fingerprint density at radius 2 is 2.18 bits per heavy atom. The number of terminal acetylenes is 1. The minimum Gasteiger partial charge on any atom is -0.392 e. The van der Waals surface area contributed by atoms with Gasteiger partial charge in [0.1, 0.15) is 5.82 Å². The fraction of sp³-hybridized carbons (Fsp3) is 0.500. The van der Waals surface area contributed by atoms with E-state index in [1.165, 1.54) is 0 Å². The number of rotatable bonds is 5. The zero-order valence-electron chi connectivity index (χ0n) is 10.8. The van der Waals surface area contributed by atoms with E-state index in [0.29, 0.717) is 6.54 Å². The van der Waals surface area contributed by atoms with Crippen LogP contribution in [-0.4, -0.2) is 23.2 Å². The average molecular weight is 232 g/mol. The number of anilines is 1. The quantitative estimate of drug-likeness (QED) is 0.789. The maximum absolute atomic E-state index is 9.46. The van der Waals surface area contributed by atoms with E-state index in [-0.39, 0.29) is 6.61 Å². The van der Waals surface area contributed by atoms with Gasteiger partial charge in [-0.3, -0.25) is 0 Å². The van der Waals surface area contributed by atoms with Crippen LogP contribution in [0.15, 0.2) is 6.07 Å². The van der Waals surface area contributed by atoms with Crippen LogP contribution in [0, 0.1) is 26.2 Å². The average Bonchev–Trinajstić information content (AvgIpc) is 2.28. The number of aliphatic hydroxyl groups excluding tert-OH is 1. The summed E-state index contributed by atoms with van der Waals surface area (Å²) in [5.41, 5.74) is 2.89. The monoisotopic (exact) mass is 232 g/mol. The lowest BCUT2D eigenvalue weighted by Gasteiger charge is -2.24. The van der Waals surface area contributed by atoms with E-state index in [1.807, 2.05) is 24.8 Å². The Kier molecular flexibility index (Phi) is 4.99. The lowest BCUT2D eigenvalue weighted by atomic mass is 10.1. The second kappa shape index (κ2) is 6.27. The topological polar surface area (TPSA) is 36.4 Å². The van der Waals surface area contributed by atoms with Gasteiger partial charge in [-0.25, -0.2) is 4.98 Å². The van der Waals surface area contributed by atoms with Crippen LogP contribution in [0.5, 0.6) is 0 Å². The summed E-state index contributed by atoms with van der Waals surface area (Å²) in [7, 11) is 0. The molecule has 0 spiro atoms. The van der Waals surface area contributed by atoms with E-state index in [2.05, 4.69) is 17.8 Å². The number of pyridine rings is 1. The Hall–Kier alpha value is -1.53. The Morgan fingerprint density at radius 1 is 1.47 bits per heavy atom. The van der Waals surface area contributed by atoms with Gasteiger partial charge >= 0.3 is 0 Å². The number of hydrogen-bond acceptors (Lipinski definition) is 3. The third-order valence-corrected chi connectivity index (χ3v) is 2.69. The molecule has 0 amide bonds. The van der Waals surface area contributed by atoms with Crippen molar-refractivity contribution in [2.24, 2.45) is 0 Å². The normalized spacial score (nSPS) is 10.1. The van der Waals surface area contributed by atoms with Gasteiger partial charge in [0.2, 0.25) is 0 Å². The van der Waals surface area contributed by atoms with Crippen LogP contribution in [0.25, 0.3) is 0 Å². The molecule has 0 radical (unpaired) electrons. The molecule has 1 N–H and O–H groups in total. The molecule has 0 saturated carbocycles. The van der Waals surface area contributed by atoms with Gasteiger partial charge in [0.15, 0.2) is 0 Å². The highest BCUT2D eigenvalue weighted by molar-refractivity contribution is 5.52. The van der Waals surface area contributed by atoms with Gasteiger partial charge in [-0.1, -0.05) is 12.8 Å². The van der Waals surface area contributed by atoms with E-state index in [0.717, 1.165) is 35.6 Å². The third kappa shape index (κ3) is 3.21. The van der Waals surface area contributed by atoms with Crippen molar-refractivity contribution in [3.8, 4) is 12.3 Å². The molecule has 0 aliphatic heterocycles. The summed E-state index contributed by atoms with van der Waals surface area (Å²) in [5.74, 6) is 3.47. The van der Waals surface area contributed by atoms with Crippen molar-refractivity contribution in [2.75, 3.05) is 18.0 Å². The van der Waals surface area contributed by atoms with Gasteiger partial charge in [-0.2, -0.15) is 0 Å². The molecule has 0 saturated heterocycles. The predicted octanol–water partition coefficient (Wildman–Crippen LogP) is 2.04. The minimum atomic E-state index is -0.000762. The first-order chi connectivity index (χ1) is 8.13. The first kappa shape index (κ1) is 13.5. The van der Waals surface area contributed by atoms with Gasteiger partial charge in [-0.05, 0) is 31.9 Å². The van der Waals surface area contributed by atoms with Crippen LogP contribution in [0.1, 0.15) is 30.2 Å². The van der Waals surface area contributed by atoms with Gasteiger partial charge in [0.25, 0.3) is 0 Å². The lowest BCUT2D eigenvalue weighted by Crippen LogP contribution is -2.27. The molecule has 0 bridgehead atoms. The molecule has 92 valence electrons. The first-order valence-electron chi connectivity index (χ1n) is 5.90. The van der Waals surface area contributed by atoms with Crippen LogP contribution in [0.4, 0.5) is 5.82 Å². The summed E-state index contributed by atoms with van der Waals surface area (Å²) < 4.78 is 0. The van der Waals surface area contributed by atoms with Gasteiger partial charge in [-0.15, -0.1) is 6.42 Å². The van der Waals surface area contributed by atoms with Crippen LogP contribution in [0.3, 0.4) is 0 Å².